The van der Waals surface area contributed by atoms with Crippen molar-refractivity contribution in [2.24, 2.45) is 23.0 Å². The first-order chi connectivity index (χ1) is 9.17. The van der Waals surface area contributed by atoms with Gasteiger partial charge in [-0.15, -0.1) is 0 Å². The molecule has 2 aliphatic rings. The number of nitrogens with two attached hydrogens (primary N) is 1. The molecule has 6 heteroatoms. The number of nitrogens with zero attached hydrogens (tertiary/aromatic N) is 1. The Morgan fingerprint density at radius 2 is 1.80 bits per heavy atom. The van der Waals surface area contributed by atoms with Crippen LogP contribution in [0.1, 0.15) is 34.1 Å². The summed E-state index contributed by atoms with van der Waals surface area (Å²) in [6, 6.07) is -0.398. The third-order valence-corrected chi connectivity index (χ3v) is 4.41. The minimum atomic E-state index is -0.513. The van der Waals surface area contributed by atoms with E-state index >= 15 is 0 Å². The number of primary amides is 1. The molecule has 0 aromatic carbocycles. The van der Waals surface area contributed by atoms with Gasteiger partial charge in [0.15, 0.2) is 0 Å². The highest BCUT2D eigenvalue weighted by Crippen LogP contribution is 2.63. The lowest BCUT2D eigenvalue weighted by Gasteiger charge is -2.24. The number of rotatable bonds is 6. The average Bonchev–Trinajstić information content (AvgIpc) is 2.77. The molecule has 1 aliphatic carbocycles. The molecular weight excluding hydrogens is 258 g/mol. The molecule has 6 nitrogen and oxygen atoms in total. The van der Waals surface area contributed by atoms with Crippen LogP contribution in [0.25, 0.3) is 0 Å². The summed E-state index contributed by atoms with van der Waals surface area (Å²) in [7, 11) is 0. The summed E-state index contributed by atoms with van der Waals surface area (Å²) >= 11 is 0. The molecule has 0 radical (unpaired) electrons. The number of hydrogen-bond donors (Lipinski definition) is 2. The Labute approximate surface area is 119 Å². The number of piperidine rings is 1. The Morgan fingerprint density at radius 3 is 2.20 bits per heavy atom. The number of imide groups is 1. The van der Waals surface area contributed by atoms with E-state index in [1.165, 1.54) is 4.90 Å². The predicted octanol–water partition coefficient (Wildman–Crippen LogP) is -0.131. The quantitative estimate of drug-likeness (QED) is 0.663. The van der Waals surface area contributed by atoms with Crippen molar-refractivity contribution in [1.29, 1.82) is 0 Å². The zero-order valence-electron chi connectivity index (χ0n) is 12.5. The van der Waals surface area contributed by atoms with Gasteiger partial charge < -0.3 is 11.1 Å². The van der Waals surface area contributed by atoms with E-state index < -0.39 is 11.9 Å². The van der Waals surface area contributed by atoms with E-state index in [2.05, 4.69) is 5.32 Å². The number of carbonyl (C=O) groups excluding carboxylic acids is 3. The first-order valence-electron chi connectivity index (χ1n) is 7.08. The molecule has 0 bridgehead atoms. The minimum Gasteiger partial charge on any atom is -0.368 e. The van der Waals surface area contributed by atoms with E-state index in [9.17, 15) is 14.4 Å². The molecule has 1 saturated carbocycles. The van der Waals surface area contributed by atoms with Crippen molar-refractivity contribution in [3.05, 3.63) is 0 Å². The van der Waals surface area contributed by atoms with Gasteiger partial charge >= 0.3 is 0 Å². The Morgan fingerprint density at radius 1 is 1.30 bits per heavy atom. The van der Waals surface area contributed by atoms with Crippen LogP contribution in [0.15, 0.2) is 0 Å². The van der Waals surface area contributed by atoms with Gasteiger partial charge in [-0.3, -0.25) is 19.3 Å². The van der Waals surface area contributed by atoms with Gasteiger partial charge in [0.05, 0.1) is 17.9 Å². The first kappa shape index (κ1) is 15.0. The van der Waals surface area contributed by atoms with Crippen LogP contribution < -0.4 is 11.1 Å². The SMILES string of the molecule is CC(C)NC(CCN1C(=O)C2C(C1=O)C2(C)C)C(N)=O. The summed E-state index contributed by atoms with van der Waals surface area (Å²) in [5.41, 5.74) is 5.14. The van der Waals surface area contributed by atoms with Crippen LogP contribution >= 0.6 is 0 Å². The van der Waals surface area contributed by atoms with Crippen LogP contribution in [0.5, 0.6) is 0 Å². The topological polar surface area (TPSA) is 92.5 Å². The number of likely N-dealkylation sites (tertiary alicyclic amines) is 1. The molecule has 2 rings (SSSR count). The summed E-state index contributed by atoms with van der Waals surface area (Å²) in [5.74, 6) is -0.987. The van der Waals surface area contributed by atoms with E-state index in [-0.39, 0.29) is 41.7 Å². The van der Waals surface area contributed by atoms with Gasteiger partial charge in [-0.2, -0.15) is 0 Å². The van der Waals surface area contributed by atoms with E-state index in [4.69, 9.17) is 5.73 Å². The van der Waals surface area contributed by atoms with Crippen LogP contribution in [0.3, 0.4) is 0 Å². The summed E-state index contributed by atoms with van der Waals surface area (Å²) in [6.45, 7) is 7.98. The van der Waals surface area contributed by atoms with Gasteiger partial charge in [0.1, 0.15) is 0 Å². The van der Waals surface area contributed by atoms with Crippen molar-refractivity contribution in [2.75, 3.05) is 6.54 Å². The highest BCUT2D eigenvalue weighted by molar-refractivity contribution is 6.10. The van der Waals surface area contributed by atoms with E-state index in [0.717, 1.165) is 0 Å². The maximum atomic E-state index is 12.1. The van der Waals surface area contributed by atoms with Crippen LogP contribution in [0.2, 0.25) is 0 Å². The summed E-state index contributed by atoms with van der Waals surface area (Å²) < 4.78 is 0. The van der Waals surface area contributed by atoms with Crippen molar-refractivity contribution in [1.82, 2.24) is 10.2 Å². The molecule has 3 N–H and O–H groups in total. The van der Waals surface area contributed by atoms with Crippen molar-refractivity contribution < 1.29 is 14.4 Å². The van der Waals surface area contributed by atoms with Crippen molar-refractivity contribution in [3.8, 4) is 0 Å². The summed E-state index contributed by atoms with van der Waals surface area (Å²) in [4.78, 5) is 36.9. The molecule has 112 valence electrons. The van der Waals surface area contributed by atoms with Crippen LogP contribution in [-0.2, 0) is 14.4 Å². The number of amides is 3. The smallest absolute Gasteiger partial charge is 0.234 e. The zero-order valence-corrected chi connectivity index (χ0v) is 12.5. The van der Waals surface area contributed by atoms with Gasteiger partial charge in [-0.1, -0.05) is 27.7 Å². The highest BCUT2D eigenvalue weighted by atomic mass is 16.2. The van der Waals surface area contributed by atoms with Crippen LogP contribution in [0, 0.1) is 17.3 Å². The lowest BCUT2D eigenvalue weighted by atomic mass is 10.0. The monoisotopic (exact) mass is 281 g/mol. The molecule has 0 aromatic heterocycles. The van der Waals surface area contributed by atoms with Gasteiger partial charge in [0.2, 0.25) is 17.7 Å². The lowest BCUT2D eigenvalue weighted by molar-refractivity contribution is -0.143. The third-order valence-electron chi connectivity index (χ3n) is 4.41. The molecule has 1 aliphatic heterocycles. The number of nitrogens with one attached hydrogen (secondary N) is 1. The normalized spacial score (nSPS) is 28.8. The largest absolute Gasteiger partial charge is 0.368 e. The van der Waals surface area contributed by atoms with E-state index in [0.29, 0.717) is 6.42 Å². The molecule has 0 aromatic rings. The Hall–Kier alpha value is -1.43. The van der Waals surface area contributed by atoms with Crippen molar-refractivity contribution in [2.45, 2.75) is 46.2 Å². The summed E-state index contributed by atoms with van der Waals surface area (Å²) in [5, 5.41) is 3.05. The fraction of sp³-hybridized carbons (Fsp3) is 0.786. The minimum absolute atomic E-state index is 0.0993. The Bertz CT molecular complexity index is 435. The van der Waals surface area contributed by atoms with E-state index in [1.54, 1.807) is 0 Å². The maximum absolute atomic E-state index is 12.1. The number of fused-ring (bicyclic) bond motifs is 1. The van der Waals surface area contributed by atoms with Crippen LogP contribution in [-0.4, -0.2) is 41.2 Å². The Kier molecular flexibility index (Phi) is 3.62. The van der Waals surface area contributed by atoms with Crippen molar-refractivity contribution >= 4 is 17.7 Å². The molecule has 20 heavy (non-hydrogen) atoms. The van der Waals surface area contributed by atoms with Gasteiger partial charge in [-0.05, 0) is 11.8 Å². The average molecular weight is 281 g/mol. The molecule has 2 fully saturated rings. The standard InChI is InChI=1S/C14H23N3O3/c1-7(2)16-8(11(15)18)5-6-17-12(19)9-10(13(17)20)14(9,3)4/h7-10,16H,5-6H2,1-4H3,(H2,15,18). The van der Waals surface area contributed by atoms with Gasteiger partial charge in [0.25, 0.3) is 0 Å². The maximum Gasteiger partial charge on any atom is 0.234 e. The zero-order chi connectivity index (χ0) is 15.2. The van der Waals surface area contributed by atoms with Crippen LogP contribution in [0.4, 0.5) is 0 Å². The predicted molar refractivity (Wildman–Crippen MR) is 73.4 cm³/mol. The first-order valence-corrected chi connectivity index (χ1v) is 7.08. The number of hydrogen-bond acceptors (Lipinski definition) is 4. The summed E-state index contributed by atoms with van der Waals surface area (Å²) in [6.07, 6.45) is 0.366. The van der Waals surface area contributed by atoms with E-state index in [1.807, 2.05) is 27.7 Å². The van der Waals surface area contributed by atoms with Gasteiger partial charge in [0, 0.05) is 12.6 Å². The fourth-order valence-electron chi connectivity index (χ4n) is 3.19. The molecule has 1 heterocycles. The number of carbonyl (C=O) groups is 3. The molecule has 3 atom stereocenters. The van der Waals surface area contributed by atoms with Crippen molar-refractivity contribution in [3.63, 3.8) is 0 Å². The second-order valence-corrected chi connectivity index (χ2v) is 6.67. The highest BCUT2D eigenvalue weighted by Gasteiger charge is 2.72. The molecule has 3 amide bonds. The van der Waals surface area contributed by atoms with Gasteiger partial charge in [-0.25, -0.2) is 0 Å². The Balaban J connectivity index is 1.94. The molecular formula is C14H23N3O3. The fourth-order valence-corrected chi connectivity index (χ4v) is 3.19. The molecule has 1 saturated heterocycles. The lowest BCUT2D eigenvalue weighted by Crippen LogP contribution is -2.47. The second kappa shape index (κ2) is 4.84. The second-order valence-electron chi connectivity index (χ2n) is 6.67. The molecule has 0 spiro atoms. The molecule has 3 unspecified atom stereocenters. The third kappa shape index (κ3) is 2.32.